The van der Waals surface area contributed by atoms with Crippen LogP contribution in [-0.4, -0.2) is 54.6 Å². The Morgan fingerprint density at radius 1 is 1.22 bits per heavy atom. The predicted octanol–water partition coefficient (Wildman–Crippen LogP) is 1.67. The molecule has 3 fully saturated rings. The molecule has 3 heteroatoms. The van der Waals surface area contributed by atoms with Crippen LogP contribution >= 0.6 is 0 Å². The molecule has 104 valence electrons. The van der Waals surface area contributed by atoms with E-state index in [4.69, 9.17) is 5.73 Å². The van der Waals surface area contributed by atoms with E-state index in [1.807, 2.05) is 0 Å². The lowest BCUT2D eigenvalue weighted by molar-refractivity contribution is 0.0106. The molecule has 3 nitrogen and oxygen atoms in total. The first kappa shape index (κ1) is 12.9. The van der Waals surface area contributed by atoms with Crippen LogP contribution in [0, 0.1) is 5.92 Å². The lowest BCUT2D eigenvalue weighted by Gasteiger charge is -2.50. The van der Waals surface area contributed by atoms with Crippen molar-refractivity contribution in [3.63, 3.8) is 0 Å². The van der Waals surface area contributed by atoms with Gasteiger partial charge in [0.1, 0.15) is 0 Å². The van der Waals surface area contributed by atoms with Crippen LogP contribution in [0.4, 0.5) is 0 Å². The summed E-state index contributed by atoms with van der Waals surface area (Å²) in [5.41, 5.74) is 6.50. The molecule has 2 atom stereocenters. The quantitative estimate of drug-likeness (QED) is 0.825. The predicted molar refractivity (Wildman–Crippen MR) is 75.6 cm³/mol. The molecule has 0 spiro atoms. The fourth-order valence-corrected chi connectivity index (χ4v) is 4.26. The maximum absolute atomic E-state index is 6.20. The van der Waals surface area contributed by atoms with Gasteiger partial charge in [0.25, 0.3) is 0 Å². The molecule has 3 rings (SSSR count). The molecule has 1 saturated carbocycles. The van der Waals surface area contributed by atoms with E-state index in [2.05, 4.69) is 16.8 Å². The number of hydrogen-bond donors (Lipinski definition) is 1. The van der Waals surface area contributed by atoms with Crippen molar-refractivity contribution in [2.24, 2.45) is 11.7 Å². The van der Waals surface area contributed by atoms with Crippen molar-refractivity contribution in [1.82, 2.24) is 9.80 Å². The van der Waals surface area contributed by atoms with Gasteiger partial charge >= 0.3 is 0 Å². The van der Waals surface area contributed by atoms with E-state index >= 15 is 0 Å². The molecule has 0 aromatic rings. The second kappa shape index (κ2) is 5.10. The lowest BCUT2D eigenvalue weighted by atomic mass is 9.79. The first-order valence-corrected chi connectivity index (χ1v) is 7.89. The molecule has 0 aromatic heterocycles. The van der Waals surface area contributed by atoms with E-state index in [1.54, 1.807) is 0 Å². The van der Waals surface area contributed by atoms with Crippen molar-refractivity contribution in [3.8, 4) is 0 Å². The summed E-state index contributed by atoms with van der Waals surface area (Å²) in [7, 11) is 2.33. The molecule has 2 unspecified atom stereocenters. The number of rotatable bonds is 4. The highest BCUT2D eigenvalue weighted by molar-refractivity contribution is 5.01. The SMILES string of the molecule is CN(CC1CCC1)C1(CN)CCN2CCCC2C1. The highest BCUT2D eigenvalue weighted by Gasteiger charge is 2.43. The molecule has 0 radical (unpaired) electrons. The van der Waals surface area contributed by atoms with Gasteiger partial charge in [-0.1, -0.05) is 6.42 Å². The van der Waals surface area contributed by atoms with Gasteiger partial charge in [0.05, 0.1) is 0 Å². The topological polar surface area (TPSA) is 32.5 Å². The van der Waals surface area contributed by atoms with Crippen molar-refractivity contribution >= 4 is 0 Å². The van der Waals surface area contributed by atoms with Crippen LogP contribution < -0.4 is 5.73 Å². The summed E-state index contributed by atoms with van der Waals surface area (Å²) < 4.78 is 0. The fraction of sp³-hybridized carbons (Fsp3) is 1.00. The van der Waals surface area contributed by atoms with Crippen molar-refractivity contribution in [3.05, 3.63) is 0 Å². The van der Waals surface area contributed by atoms with Gasteiger partial charge in [0.15, 0.2) is 0 Å². The Balaban J connectivity index is 1.64. The molecule has 2 heterocycles. The zero-order chi connectivity index (χ0) is 12.6. The Labute approximate surface area is 112 Å². The third kappa shape index (κ3) is 2.21. The van der Waals surface area contributed by atoms with E-state index in [1.165, 1.54) is 64.6 Å². The van der Waals surface area contributed by atoms with Crippen LogP contribution in [-0.2, 0) is 0 Å². The average molecular weight is 251 g/mol. The van der Waals surface area contributed by atoms with Crippen LogP contribution in [0.2, 0.25) is 0 Å². The largest absolute Gasteiger partial charge is 0.329 e. The molecule has 2 saturated heterocycles. The van der Waals surface area contributed by atoms with E-state index < -0.39 is 0 Å². The second-order valence-electron chi connectivity index (χ2n) is 6.89. The lowest BCUT2D eigenvalue weighted by Crippen LogP contribution is -2.60. The molecule has 0 aromatic carbocycles. The number of nitrogens with zero attached hydrogens (tertiary/aromatic N) is 2. The summed E-state index contributed by atoms with van der Waals surface area (Å²) in [6.07, 6.45) is 9.73. The van der Waals surface area contributed by atoms with Gasteiger partial charge < -0.3 is 10.6 Å². The number of fused-ring (bicyclic) bond motifs is 1. The normalized spacial score (nSPS) is 37.8. The van der Waals surface area contributed by atoms with E-state index in [-0.39, 0.29) is 0 Å². The number of nitrogens with two attached hydrogens (primary N) is 1. The third-order valence-corrected chi connectivity index (χ3v) is 5.93. The molecule has 3 aliphatic rings. The Morgan fingerprint density at radius 3 is 2.72 bits per heavy atom. The molecular formula is C15H29N3. The van der Waals surface area contributed by atoms with Crippen molar-refractivity contribution in [2.75, 3.05) is 33.2 Å². The zero-order valence-corrected chi connectivity index (χ0v) is 11.9. The summed E-state index contributed by atoms with van der Waals surface area (Å²) in [5, 5.41) is 0. The highest BCUT2D eigenvalue weighted by Crippen LogP contribution is 2.37. The van der Waals surface area contributed by atoms with Crippen LogP contribution in [0.25, 0.3) is 0 Å². The van der Waals surface area contributed by atoms with Gasteiger partial charge in [-0.25, -0.2) is 0 Å². The molecule has 2 aliphatic heterocycles. The Hall–Kier alpha value is -0.120. The van der Waals surface area contributed by atoms with Gasteiger partial charge in [0, 0.05) is 31.2 Å². The number of piperidine rings is 1. The Kier molecular flexibility index (Phi) is 3.65. The zero-order valence-electron chi connectivity index (χ0n) is 11.9. The molecule has 0 bridgehead atoms. The van der Waals surface area contributed by atoms with Crippen LogP contribution in [0.3, 0.4) is 0 Å². The van der Waals surface area contributed by atoms with Gasteiger partial charge in [-0.3, -0.25) is 4.90 Å². The van der Waals surface area contributed by atoms with E-state index in [0.717, 1.165) is 18.5 Å². The maximum atomic E-state index is 6.20. The van der Waals surface area contributed by atoms with Gasteiger partial charge in [-0.05, 0) is 58.0 Å². The first-order valence-electron chi connectivity index (χ1n) is 7.89. The standard InChI is InChI=1S/C15H29N3/c1-17(11-13-4-2-5-13)15(12-16)7-9-18-8-3-6-14(18)10-15/h13-14H,2-12,16H2,1H3. The summed E-state index contributed by atoms with van der Waals surface area (Å²) in [6.45, 7) is 4.74. The van der Waals surface area contributed by atoms with Gasteiger partial charge in [0.2, 0.25) is 0 Å². The van der Waals surface area contributed by atoms with Crippen molar-refractivity contribution in [2.45, 2.75) is 56.5 Å². The monoisotopic (exact) mass is 251 g/mol. The molecule has 18 heavy (non-hydrogen) atoms. The molecule has 1 aliphatic carbocycles. The van der Waals surface area contributed by atoms with Crippen LogP contribution in [0.15, 0.2) is 0 Å². The average Bonchev–Trinajstić information content (AvgIpc) is 2.80. The summed E-state index contributed by atoms with van der Waals surface area (Å²) in [6, 6.07) is 0.825. The van der Waals surface area contributed by atoms with E-state index in [0.29, 0.717) is 5.54 Å². The number of likely N-dealkylation sites (N-methyl/N-ethyl adjacent to an activating group) is 1. The van der Waals surface area contributed by atoms with E-state index in [9.17, 15) is 0 Å². The van der Waals surface area contributed by atoms with Crippen LogP contribution in [0.5, 0.6) is 0 Å². The fourth-order valence-electron chi connectivity index (χ4n) is 4.26. The maximum Gasteiger partial charge on any atom is 0.0355 e. The second-order valence-corrected chi connectivity index (χ2v) is 6.89. The van der Waals surface area contributed by atoms with Crippen molar-refractivity contribution in [1.29, 1.82) is 0 Å². The minimum Gasteiger partial charge on any atom is -0.329 e. The minimum atomic E-state index is 0.307. The molecular weight excluding hydrogens is 222 g/mol. The highest BCUT2D eigenvalue weighted by atomic mass is 15.3. The molecule has 0 amide bonds. The smallest absolute Gasteiger partial charge is 0.0355 e. The number of hydrogen-bond acceptors (Lipinski definition) is 3. The summed E-state index contributed by atoms with van der Waals surface area (Å²) in [5.74, 6) is 0.958. The summed E-state index contributed by atoms with van der Waals surface area (Å²) >= 11 is 0. The van der Waals surface area contributed by atoms with Crippen LogP contribution in [0.1, 0.15) is 44.9 Å². The van der Waals surface area contributed by atoms with Gasteiger partial charge in [-0.2, -0.15) is 0 Å². The van der Waals surface area contributed by atoms with Gasteiger partial charge in [-0.15, -0.1) is 0 Å². The Bertz CT molecular complexity index is 289. The minimum absolute atomic E-state index is 0.307. The Morgan fingerprint density at radius 2 is 2.06 bits per heavy atom. The van der Waals surface area contributed by atoms with Crippen molar-refractivity contribution < 1.29 is 0 Å². The summed E-state index contributed by atoms with van der Waals surface area (Å²) in [4.78, 5) is 5.33. The first-order chi connectivity index (χ1) is 8.73. The molecule has 2 N–H and O–H groups in total. The third-order valence-electron chi connectivity index (χ3n) is 5.93.